The summed E-state index contributed by atoms with van der Waals surface area (Å²) in [6.45, 7) is 0. The molecule has 0 saturated heterocycles. The second-order valence-electron chi connectivity index (χ2n) is 3.57. The fraction of sp³-hybridized carbons (Fsp3) is 0.100. The smallest absolute Gasteiger partial charge is 0.249 e. The number of benzene rings is 1. The summed E-state index contributed by atoms with van der Waals surface area (Å²) in [5.74, 6) is -0.589. The number of anilines is 1. The van der Waals surface area contributed by atoms with Crippen LogP contribution in [0.4, 0.5) is 5.69 Å². The number of halogens is 1. The van der Waals surface area contributed by atoms with E-state index in [1.165, 1.54) is 17.8 Å². The number of carbonyl (C=O) groups excluding carboxylic acids is 1. The first-order chi connectivity index (χ1) is 8.49. The molecule has 2 rings (SSSR count). The van der Waals surface area contributed by atoms with E-state index < -0.39 is 5.91 Å². The van der Waals surface area contributed by atoms with E-state index in [0.29, 0.717) is 20.8 Å². The van der Waals surface area contributed by atoms with Gasteiger partial charge < -0.3 is 16.0 Å². The van der Waals surface area contributed by atoms with E-state index in [-0.39, 0.29) is 5.56 Å². The number of nitrogen functional groups attached to an aromatic ring is 1. The predicted molar refractivity (Wildman–Crippen MR) is 69.5 cm³/mol. The van der Waals surface area contributed by atoms with Crippen LogP contribution in [0.15, 0.2) is 28.5 Å². The first kappa shape index (κ1) is 12.7. The molecule has 0 aliphatic rings. The second-order valence-corrected chi connectivity index (χ2v) is 4.95. The summed E-state index contributed by atoms with van der Waals surface area (Å²) in [6.07, 6.45) is 1.55. The Bertz CT molecular complexity index is 612. The molecule has 0 bridgehead atoms. The van der Waals surface area contributed by atoms with Crippen molar-refractivity contribution in [2.24, 2.45) is 12.8 Å². The van der Waals surface area contributed by atoms with E-state index in [1.54, 1.807) is 24.0 Å². The van der Waals surface area contributed by atoms with Crippen LogP contribution >= 0.6 is 23.4 Å². The number of hydrogen-bond acceptors (Lipinski definition) is 5. The molecule has 0 unspecified atom stereocenters. The summed E-state index contributed by atoms with van der Waals surface area (Å²) in [7, 11) is 1.79. The summed E-state index contributed by atoms with van der Waals surface area (Å²) < 4.78 is 1.71. The van der Waals surface area contributed by atoms with E-state index in [4.69, 9.17) is 23.1 Å². The Morgan fingerprint density at radius 2 is 2.22 bits per heavy atom. The highest BCUT2D eigenvalue weighted by molar-refractivity contribution is 7.99. The fourth-order valence-electron chi connectivity index (χ4n) is 1.36. The van der Waals surface area contributed by atoms with Crippen molar-refractivity contribution in [2.75, 3.05) is 5.73 Å². The standard InChI is InChI=1S/C10H10ClN5OS/c1-16-4-14-15-10(16)18-8-6(9(13)17)2-5(12)3-7(8)11/h2-4H,12H2,1H3,(H2,13,17). The highest BCUT2D eigenvalue weighted by Crippen LogP contribution is 2.36. The normalized spacial score (nSPS) is 10.6. The molecule has 2 aromatic rings. The van der Waals surface area contributed by atoms with Gasteiger partial charge in [0, 0.05) is 17.6 Å². The minimum Gasteiger partial charge on any atom is -0.399 e. The Morgan fingerprint density at radius 3 is 2.78 bits per heavy atom. The third kappa shape index (κ3) is 2.41. The number of hydrogen-bond donors (Lipinski definition) is 2. The lowest BCUT2D eigenvalue weighted by Crippen LogP contribution is -2.13. The number of nitrogens with two attached hydrogens (primary N) is 2. The van der Waals surface area contributed by atoms with E-state index in [2.05, 4.69) is 10.2 Å². The number of amides is 1. The summed E-state index contributed by atoms with van der Waals surface area (Å²) in [4.78, 5) is 11.9. The molecule has 0 atom stereocenters. The molecule has 1 amide bonds. The number of rotatable bonds is 3. The first-order valence-electron chi connectivity index (χ1n) is 4.89. The Hall–Kier alpha value is -1.73. The monoisotopic (exact) mass is 283 g/mol. The van der Waals surface area contributed by atoms with Crippen molar-refractivity contribution in [3.05, 3.63) is 29.0 Å². The maximum Gasteiger partial charge on any atom is 0.249 e. The SMILES string of the molecule is Cn1cnnc1Sc1c(Cl)cc(N)cc1C(N)=O. The first-order valence-corrected chi connectivity index (χ1v) is 6.09. The maximum atomic E-state index is 11.4. The molecule has 1 aromatic heterocycles. The zero-order valence-electron chi connectivity index (χ0n) is 9.42. The summed E-state index contributed by atoms with van der Waals surface area (Å²) in [5.41, 5.74) is 11.6. The van der Waals surface area contributed by atoms with Crippen LogP contribution in [0.25, 0.3) is 0 Å². The third-order valence-corrected chi connectivity index (χ3v) is 3.80. The van der Waals surface area contributed by atoms with Gasteiger partial charge >= 0.3 is 0 Å². The molecule has 0 aliphatic heterocycles. The fourth-order valence-corrected chi connectivity index (χ4v) is 2.59. The van der Waals surface area contributed by atoms with E-state index >= 15 is 0 Å². The molecule has 6 nitrogen and oxygen atoms in total. The number of aryl methyl sites for hydroxylation is 1. The Labute approximate surface area is 112 Å². The van der Waals surface area contributed by atoms with Crippen molar-refractivity contribution in [1.82, 2.24) is 14.8 Å². The highest BCUT2D eigenvalue weighted by Gasteiger charge is 2.16. The quantitative estimate of drug-likeness (QED) is 0.827. The lowest BCUT2D eigenvalue weighted by Gasteiger charge is -2.09. The van der Waals surface area contributed by atoms with Crippen molar-refractivity contribution in [3.8, 4) is 0 Å². The summed E-state index contributed by atoms with van der Waals surface area (Å²) in [6, 6.07) is 3.06. The maximum absolute atomic E-state index is 11.4. The van der Waals surface area contributed by atoms with Crippen molar-refractivity contribution < 1.29 is 4.79 Å². The molecule has 1 aromatic carbocycles. The average Bonchev–Trinajstić information content (AvgIpc) is 2.67. The Kier molecular flexibility index (Phi) is 3.44. The lowest BCUT2D eigenvalue weighted by molar-refractivity contribution is 0.0997. The number of aromatic nitrogens is 3. The lowest BCUT2D eigenvalue weighted by atomic mass is 10.2. The Morgan fingerprint density at radius 1 is 1.50 bits per heavy atom. The topological polar surface area (TPSA) is 99.8 Å². The molecule has 4 N–H and O–H groups in total. The minimum absolute atomic E-state index is 0.271. The summed E-state index contributed by atoms with van der Waals surface area (Å²) in [5, 5.41) is 8.62. The van der Waals surface area contributed by atoms with Crippen LogP contribution in [0, 0.1) is 0 Å². The van der Waals surface area contributed by atoms with Crippen LogP contribution < -0.4 is 11.5 Å². The minimum atomic E-state index is -0.589. The van der Waals surface area contributed by atoms with Crippen molar-refractivity contribution in [2.45, 2.75) is 10.1 Å². The third-order valence-electron chi connectivity index (χ3n) is 2.19. The highest BCUT2D eigenvalue weighted by atomic mass is 35.5. The second kappa shape index (κ2) is 4.87. The van der Waals surface area contributed by atoms with Gasteiger partial charge in [-0.2, -0.15) is 0 Å². The van der Waals surface area contributed by atoms with Crippen LogP contribution in [-0.2, 0) is 7.05 Å². The molecule has 0 fully saturated rings. The zero-order valence-corrected chi connectivity index (χ0v) is 11.0. The molecule has 0 radical (unpaired) electrons. The summed E-state index contributed by atoms with van der Waals surface area (Å²) >= 11 is 7.29. The Balaban J connectivity index is 2.50. The van der Waals surface area contributed by atoms with Gasteiger partial charge in [0.05, 0.1) is 10.6 Å². The van der Waals surface area contributed by atoms with Gasteiger partial charge in [-0.05, 0) is 23.9 Å². The molecule has 0 aliphatic carbocycles. The average molecular weight is 284 g/mol. The van der Waals surface area contributed by atoms with Crippen LogP contribution in [-0.4, -0.2) is 20.7 Å². The van der Waals surface area contributed by atoms with Gasteiger partial charge in [-0.1, -0.05) is 11.6 Å². The van der Waals surface area contributed by atoms with Gasteiger partial charge in [0.1, 0.15) is 6.33 Å². The van der Waals surface area contributed by atoms with Gasteiger partial charge in [-0.15, -0.1) is 10.2 Å². The molecule has 0 spiro atoms. The number of carbonyl (C=O) groups is 1. The van der Waals surface area contributed by atoms with Crippen molar-refractivity contribution in [1.29, 1.82) is 0 Å². The van der Waals surface area contributed by atoms with Crippen molar-refractivity contribution >= 4 is 35.0 Å². The van der Waals surface area contributed by atoms with Gasteiger partial charge in [0.15, 0.2) is 5.16 Å². The van der Waals surface area contributed by atoms with Crippen LogP contribution in [0.3, 0.4) is 0 Å². The predicted octanol–water partition coefficient (Wildman–Crippen LogP) is 1.30. The number of nitrogens with zero attached hydrogens (tertiary/aromatic N) is 3. The molecule has 0 saturated carbocycles. The van der Waals surface area contributed by atoms with Gasteiger partial charge in [0.2, 0.25) is 5.91 Å². The van der Waals surface area contributed by atoms with E-state index in [0.717, 1.165) is 0 Å². The zero-order chi connectivity index (χ0) is 13.3. The van der Waals surface area contributed by atoms with E-state index in [9.17, 15) is 4.79 Å². The molecule has 94 valence electrons. The van der Waals surface area contributed by atoms with Crippen LogP contribution in [0.5, 0.6) is 0 Å². The van der Waals surface area contributed by atoms with Gasteiger partial charge in [-0.25, -0.2) is 0 Å². The van der Waals surface area contributed by atoms with E-state index in [1.807, 2.05) is 0 Å². The van der Waals surface area contributed by atoms with Crippen molar-refractivity contribution in [3.63, 3.8) is 0 Å². The molecule has 8 heteroatoms. The number of primary amides is 1. The van der Waals surface area contributed by atoms with Crippen LogP contribution in [0.1, 0.15) is 10.4 Å². The van der Waals surface area contributed by atoms with Gasteiger partial charge in [0.25, 0.3) is 0 Å². The molecular formula is C10H10ClN5OS. The van der Waals surface area contributed by atoms with Gasteiger partial charge in [-0.3, -0.25) is 4.79 Å². The van der Waals surface area contributed by atoms with Crippen LogP contribution in [0.2, 0.25) is 5.02 Å². The largest absolute Gasteiger partial charge is 0.399 e. The molecule has 18 heavy (non-hydrogen) atoms. The molecule has 1 heterocycles. The molecular weight excluding hydrogens is 274 g/mol.